The largest absolute Gasteiger partial charge is 0.481 e. The quantitative estimate of drug-likeness (QED) is 0.594. The SMILES string of the molecule is CCOCCCN(CC)CC(C)C(=O)O. The van der Waals surface area contributed by atoms with Crippen LogP contribution in [0.4, 0.5) is 0 Å². The molecule has 0 aliphatic carbocycles. The van der Waals surface area contributed by atoms with Crippen LogP contribution in [-0.2, 0) is 9.53 Å². The first-order valence-electron chi connectivity index (χ1n) is 5.64. The van der Waals surface area contributed by atoms with E-state index in [9.17, 15) is 4.79 Å². The Hall–Kier alpha value is -0.610. The third-order valence-corrected chi connectivity index (χ3v) is 2.37. The van der Waals surface area contributed by atoms with E-state index in [2.05, 4.69) is 11.8 Å². The van der Waals surface area contributed by atoms with Gasteiger partial charge in [0.15, 0.2) is 0 Å². The summed E-state index contributed by atoms with van der Waals surface area (Å²) < 4.78 is 5.24. The molecule has 0 aliphatic rings. The van der Waals surface area contributed by atoms with Crippen molar-refractivity contribution in [1.29, 1.82) is 0 Å². The molecule has 0 amide bonds. The topological polar surface area (TPSA) is 49.8 Å². The first-order valence-corrected chi connectivity index (χ1v) is 5.64. The summed E-state index contributed by atoms with van der Waals surface area (Å²) in [6.07, 6.45) is 0.966. The number of nitrogens with zero attached hydrogens (tertiary/aromatic N) is 1. The van der Waals surface area contributed by atoms with Crippen LogP contribution in [0.2, 0.25) is 0 Å². The number of ether oxygens (including phenoxy) is 1. The van der Waals surface area contributed by atoms with Crippen molar-refractivity contribution in [1.82, 2.24) is 4.90 Å². The fourth-order valence-electron chi connectivity index (χ4n) is 1.38. The van der Waals surface area contributed by atoms with Crippen LogP contribution >= 0.6 is 0 Å². The Bertz CT molecular complexity index is 173. The monoisotopic (exact) mass is 217 g/mol. The minimum atomic E-state index is -0.724. The zero-order valence-corrected chi connectivity index (χ0v) is 10.0. The van der Waals surface area contributed by atoms with E-state index in [-0.39, 0.29) is 5.92 Å². The normalized spacial score (nSPS) is 13.1. The lowest BCUT2D eigenvalue weighted by Gasteiger charge is -2.22. The van der Waals surface area contributed by atoms with Gasteiger partial charge in [0, 0.05) is 26.3 Å². The number of carboxylic acids is 1. The van der Waals surface area contributed by atoms with Crippen molar-refractivity contribution in [2.24, 2.45) is 5.92 Å². The second-order valence-corrected chi connectivity index (χ2v) is 3.68. The minimum absolute atomic E-state index is 0.294. The van der Waals surface area contributed by atoms with Crippen LogP contribution in [-0.4, -0.2) is 48.8 Å². The van der Waals surface area contributed by atoms with E-state index in [1.807, 2.05) is 6.92 Å². The van der Waals surface area contributed by atoms with Gasteiger partial charge in [-0.15, -0.1) is 0 Å². The fourth-order valence-corrected chi connectivity index (χ4v) is 1.38. The lowest BCUT2D eigenvalue weighted by molar-refractivity contribution is -0.141. The summed E-state index contributed by atoms with van der Waals surface area (Å²) in [5.41, 5.74) is 0. The molecule has 90 valence electrons. The van der Waals surface area contributed by atoms with E-state index in [1.165, 1.54) is 0 Å². The van der Waals surface area contributed by atoms with Gasteiger partial charge in [-0.25, -0.2) is 0 Å². The Morgan fingerprint density at radius 1 is 1.47 bits per heavy atom. The summed E-state index contributed by atoms with van der Waals surface area (Å²) in [6, 6.07) is 0. The third kappa shape index (κ3) is 7.33. The van der Waals surface area contributed by atoms with Gasteiger partial charge in [0.1, 0.15) is 0 Å². The van der Waals surface area contributed by atoms with Gasteiger partial charge in [0.25, 0.3) is 0 Å². The van der Waals surface area contributed by atoms with E-state index in [1.54, 1.807) is 6.92 Å². The Morgan fingerprint density at radius 2 is 2.13 bits per heavy atom. The molecule has 0 bridgehead atoms. The van der Waals surface area contributed by atoms with Crippen molar-refractivity contribution in [3.05, 3.63) is 0 Å². The highest BCUT2D eigenvalue weighted by molar-refractivity contribution is 5.69. The second kappa shape index (κ2) is 8.68. The predicted molar refractivity (Wildman–Crippen MR) is 60.0 cm³/mol. The molecule has 15 heavy (non-hydrogen) atoms. The van der Waals surface area contributed by atoms with Gasteiger partial charge in [-0.05, 0) is 19.9 Å². The van der Waals surface area contributed by atoms with Gasteiger partial charge in [0.2, 0.25) is 0 Å². The van der Waals surface area contributed by atoms with Crippen molar-refractivity contribution >= 4 is 5.97 Å². The Kier molecular flexibility index (Phi) is 8.33. The molecule has 0 saturated carbocycles. The van der Waals surface area contributed by atoms with Crippen LogP contribution in [0.15, 0.2) is 0 Å². The molecule has 0 rings (SSSR count). The highest BCUT2D eigenvalue weighted by Crippen LogP contribution is 2.01. The number of rotatable bonds is 9. The first-order chi connectivity index (χ1) is 7.11. The van der Waals surface area contributed by atoms with E-state index >= 15 is 0 Å². The highest BCUT2D eigenvalue weighted by Gasteiger charge is 2.14. The van der Waals surface area contributed by atoms with Crippen molar-refractivity contribution in [2.75, 3.05) is 32.8 Å². The summed E-state index contributed by atoms with van der Waals surface area (Å²) in [5.74, 6) is -1.02. The van der Waals surface area contributed by atoms with Crippen LogP contribution in [0.25, 0.3) is 0 Å². The predicted octanol–water partition coefficient (Wildman–Crippen LogP) is 1.46. The number of hydrogen-bond donors (Lipinski definition) is 1. The average molecular weight is 217 g/mol. The van der Waals surface area contributed by atoms with Gasteiger partial charge in [0.05, 0.1) is 5.92 Å². The molecular formula is C11H23NO3. The maximum Gasteiger partial charge on any atom is 0.307 e. The minimum Gasteiger partial charge on any atom is -0.481 e. The molecule has 1 atom stereocenters. The van der Waals surface area contributed by atoms with Crippen LogP contribution in [0.1, 0.15) is 27.2 Å². The highest BCUT2D eigenvalue weighted by atomic mass is 16.5. The van der Waals surface area contributed by atoms with E-state index in [0.29, 0.717) is 6.54 Å². The first kappa shape index (κ1) is 14.4. The summed E-state index contributed by atoms with van der Waals surface area (Å²) >= 11 is 0. The third-order valence-electron chi connectivity index (χ3n) is 2.37. The lowest BCUT2D eigenvalue weighted by atomic mass is 10.1. The molecule has 0 aliphatic heterocycles. The van der Waals surface area contributed by atoms with Gasteiger partial charge in [-0.3, -0.25) is 4.79 Å². The molecule has 4 nitrogen and oxygen atoms in total. The average Bonchev–Trinajstić information content (AvgIpc) is 2.22. The molecule has 0 heterocycles. The van der Waals surface area contributed by atoms with E-state index in [0.717, 1.165) is 32.7 Å². The molecule has 0 spiro atoms. The summed E-state index contributed by atoms with van der Waals surface area (Å²) in [5, 5.41) is 8.78. The van der Waals surface area contributed by atoms with E-state index in [4.69, 9.17) is 9.84 Å². The summed E-state index contributed by atoms with van der Waals surface area (Å²) in [7, 11) is 0. The standard InChI is InChI=1S/C11H23NO3/c1-4-12(7-6-8-15-5-2)9-10(3)11(13)14/h10H,4-9H2,1-3H3,(H,13,14). The van der Waals surface area contributed by atoms with Crippen LogP contribution in [0.5, 0.6) is 0 Å². The molecule has 1 unspecified atom stereocenters. The van der Waals surface area contributed by atoms with Crippen molar-refractivity contribution in [2.45, 2.75) is 27.2 Å². The number of aliphatic carboxylic acids is 1. The molecule has 1 N–H and O–H groups in total. The molecule has 0 fully saturated rings. The van der Waals surface area contributed by atoms with Gasteiger partial charge < -0.3 is 14.7 Å². The van der Waals surface area contributed by atoms with E-state index < -0.39 is 5.97 Å². The number of carbonyl (C=O) groups is 1. The molecule has 0 aromatic heterocycles. The second-order valence-electron chi connectivity index (χ2n) is 3.68. The number of hydrogen-bond acceptors (Lipinski definition) is 3. The van der Waals surface area contributed by atoms with Gasteiger partial charge in [-0.2, -0.15) is 0 Å². The van der Waals surface area contributed by atoms with Gasteiger partial charge >= 0.3 is 5.97 Å². The zero-order chi connectivity index (χ0) is 11.7. The maximum atomic E-state index is 10.7. The molecule has 0 radical (unpaired) electrons. The van der Waals surface area contributed by atoms with Crippen molar-refractivity contribution < 1.29 is 14.6 Å². The fraction of sp³-hybridized carbons (Fsp3) is 0.909. The van der Waals surface area contributed by atoms with Crippen LogP contribution in [0, 0.1) is 5.92 Å². The number of carboxylic acid groups (broad SMARTS) is 1. The summed E-state index contributed by atoms with van der Waals surface area (Å²) in [6.45, 7) is 9.70. The Balaban J connectivity index is 3.67. The smallest absolute Gasteiger partial charge is 0.307 e. The molecule has 0 aromatic carbocycles. The Labute approximate surface area is 92.2 Å². The van der Waals surface area contributed by atoms with Crippen molar-refractivity contribution in [3.8, 4) is 0 Å². The Morgan fingerprint density at radius 3 is 2.60 bits per heavy atom. The lowest BCUT2D eigenvalue weighted by Crippen LogP contribution is -2.33. The van der Waals surface area contributed by atoms with Gasteiger partial charge in [-0.1, -0.05) is 13.8 Å². The molecule has 0 aromatic rings. The zero-order valence-electron chi connectivity index (χ0n) is 10.0. The maximum absolute atomic E-state index is 10.7. The van der Waals surface area contributed by atoms with Crippen molar-refractivity contribution in [3.63, 3.8) is 0 Å². The van der Waals surface area contributed by atoms with Crippen LogP contribution in [0.3, 0.4) is 0 Å². The summed E-state index contributed by atoms with van der Waals surface area (Å²) in [4.78, 5) is 12.8. The molecule has 4 heteroatoms. The molecule has 0 saturated heterocycles. The molecular weight excluding hydrogens is 194 g/mol. The van der Waals surface area contributed by atoms with Crippen LogP contribution < -0.4 is 0 Å².